The van der Waals surface area contributed by atoms with E-state index < -0.39 is 30.3 Å². The van der Waals surface area contributed by atoms with Crippen LogP contribution in [0.3, 0.4) is 0 Å². The molecule has 3 amide bonds. The van der Waals surface area contributed by atoms with E-state index in [0.717, 1.165) is 10.5 Å². The zero-order chi connectivity index (χ0) is 24.9. The Morgan fingerprint density at radius 3 is 2.26 bits per heavy atom. The molecular weight excluding hydrogens is 491 g/mol. The average Bonchev–Trinajstić information content (AvgIpc) is 3.47. The lowest BCUT2D eigenvalue weighted by atomic mass is 9.80. The van der Waals surface area contributed by atoms with Gasteiger partial charge in [-0.1, -0.05) is 36.4 Å². The Kier molecular flexibility index (Phi) is 6.32. The number of nitrogens with one attached hydrogen (secondary N) is 1. The zero-order valence-corrected chi connectivity index (χ0v) is 20.4. The minimum Gasteiger partial charge on any atom is -0.452 e. The monoisotopic (exact) mass is 514 g/mol. The van der Waals surface area contributed by atoms with Gasteiger partial charge >= 0.3 is 5.97 Å². The van der Waals surface area contributed by atoms with Crippen LogP contribution in [0.4, 0.5) is 5.69 Å². The van der Waals surface area contributed by atoms with E-state index in [9.17, 15) is 19.2 Å². The second-order valence-electron chi connectivity index (χ2n) is 9.34. The van der Waals surface area contributed by atoms with Gasteiger partial charge in [0, 0.05) is 0 Å². The lowest BCUT2D eigenvalue weighted by molar-refractivity contribution is -0.125. The molecule has 2 aliphatic carbocycles. The summed E-state index contributed by atoms with van der Waals surface area (Å²) in [7, 11) is 0. The van der Waals surface area contributed by atoms with Gasteiger partial charge in [-0.05, 0) is 48.9 Å². The smallest absolute Gasteiger partial charge is 0.338 e. The normalized spacial score (nSPS) is 29.7. The number of amides is 3. The van der Waals surface area contributed by atoms with Gasteiger partial charge in [-0.15, -0.1) is 23.2 Å². The van der Waals surface area contributed by atoms with Gasteiger partial charge < -0.3 is 10.1 Å². The zero-order valence-electron chi connectivity index (χ0n) is 18.9. The van der Waals surface area contributed by atoms with E-state index in [0.29, 0.717) is 12.1 Å². The number of hydrogen-bond acceptors (Lipinski definition) is 5. The van der Waals surface area contributed by atoms with Crippen LogP contribution in [0.1, 0.15) is 35.3 Å². The molecule has 9 heteroatoms. The molecule has 1 saturated heterocycles. The van der Waals surface area contributed by atoms with Gasteiger partial charge in [-0.25, -0.2) is 4.79 Å². The van der Waals surface area contributed by atoms with E-state index in [1.165, 1.54) is 12.1 Å². The highest BCUT2D eigenvalue weighted by Crippen LogP contribution is 2.59. The van der Waals surface area contributed by atoms with Gasteiger partial charge in [-0.2, -0.15) is 0 Å². The molecule has 2 aromatic carbocycles. The quantitative estimate of drug-likeness (QED) is 0.360. The van der Waals surface area contributed by atoms with Crippen molar-refractivity contribution in [3.05, 3.63) is 65.7 Å². The fourth-order valence-corrected chi connectivity index (χ4v) is 6.59. The molecule has 0 aromatic heterocycles. The standard InChI is InChI=1S/C26H24Cl2N2O5/c1-13(14-6-3-2-4-7-14)29-19(31)12-35-26(34)15-8-5-9-16(10-15)30-24(32)20-17-11-18(21(20)25(30)33)23(28)22(17)27/h2-10,13,17-18,20-23H,11-12H2,1H3,(H,29,31)/t13-,17+,18+,20+,21+,22-,23-/m0/s1. The molecule has 3 aliphatic rings. The van der Waals surface area contributed by atoms with E-state index in [1.807, 2.05) is 37.3 Å². The Labute approximate surface area is 212 Å². The molecule has 35 heavy (non-hydrogen) atoms. The van der Waals surface area contributed by atoms with Crippen molar-refractivity contribution >= 4 is 52.6 Å². The Hall–Kier alpha value is -2.90. The number of carbonyl (C=O) groups excluding carboxylic acids is 4. The van der Waals surface area contributed by atoms with E-state index in [4.69, 9.17) is 27.9 Å². The molecule has 7 atom stereocenters. The number of esters is 1. The minimum atomic E-state index is -0.727. The number of carbonyl (C=O) groups is 4. The number of fused-ring (bicyclic) bond motifs is 5. The van der Waals surface area contributed by atoms with Gasteiger partial charge in [0.15, 0.2) is 6.61 Å². The molecule has 2 saturated carbocycles. The first kappa shape index (κ1) is 23.8. The first-order valence-corrected chi connectivity index (χ1v) is 12.4. The molecular formula is C26H24Cl2N2O5. The van der Waals surface area contributed by atoms with E-state index >= 15 is 0 Å². The van der Waals surface area contributed by atoms with Crippen LogP contribution in [-0.2, 0) is 19.1 Å². The van der Waals surface area contributed by atoms with Crippen LogP contribution in [0.5, 0.6) is 0 Å². The molecule has 2 aromatic rings. The number of nitrogens with zero attached hydrogens (tertiary/aromatic N) is 1. The summed E-state index contributed by atoms with van der Waals surface area (Å²) in [5, 5.41) is 2.11. The number of benzene rings is 2. The van der Waals surface area contributed by atoms with Crippen LogP contribution in [0.15, 0.2) is 54.6 Å². The Morgan fingerprint density at radius 2 is 1.63 bits per heavy atom. The number of alkyl halides is 2. The maximum absolute atomic E-state index is 13.2. The highest BCUT2D eigenvalue weighted by Gasteiger charge is 2.66. The van der Waals surface area contributed by atoms with Crippen molar-refractivity contribution in [2.75, 3.05) is 11.5 Å². The summed E-state index contributed by atoms with van der Waals surface area (Å²) >= 11 is 12.8. The number of ether oxygens (including phenoxy) is 1. The molecule has 1 N–H and O–H groups in total. The topological polar surface area (TPSA) is 92.8 Å². The van der Waals surface area contributed by atoms with Gasteiger partial charge in [0.2, 0.25) is 11.8 Å². The van der Waals surface area contributed by atoms with Gasteiger partial charge in [0.1, 0.15) is 0 Å². The fourth-order valence-electron chi connectivity index (χ4n) is 5.70. The van der Waals surface area contributed by atoms with Crippen LogP contribution in [0, 0.1) is 23.7 Å². The van der Waals surface area contributed by atoms with Crippen molar-refractivity contribution in [2.24, 2.45) is 23.7 Å². The Balaban J connectivity index is 1.24. The van der Waals surface area contributed by atoms with Gasteiger partial charge in [-0.3, -0.25) is 19.3 Å². The number of hydrogen-bond donors (Lipinski definition) is 1. The second kappa shape index (κ2) is 9.28. The summed E-state index contributed by atoms with van der Waals surface area (Å²) in [6, 6.07) is 15.3. The number of imide groups is 1. The first-order valence-electron chi connectivity index (χ1n) is 11.6. The van der Waals surface area contributed by atoms with Crippen molar-refractivity contribution in [3.8, 4) is 0 Å². The summed E-state index contributed by atoms with van der Waals surface area (Å²) in [4.78, 5) is 52.4. The van der Waals surface area contributed by atoms with Gasteiger partial charge in [0.25, 0.3) is 5.91 Å². The first-order chi connectivity index (χ1) is 16.8. The maximum Gasteiger partial charge on any atom is 0.338 e. The third-order valence-corrected chi connectivity index (χ3v) is 8.66. The van der Waals surface area contributed by atoms with E-state index in [-0.39, 0.29) is 46.0 Å². The second-order valence-corrected chi connectivity index (χ2v) is 10.3. The van der Waals surface area contributed by atoms with Crippen molar-refractivity contribution in [1.82, 2.24) is 5.32 Å². The summed E-state index contributed by atoms with van der Waals surface area (Å²) in [5.41, 5.74) is 1.36. The molecule has 0 radical (unpaired) electrons. The molecule has 0 unspecified atom stereocenters. The molecule has 3 fully saturated rings. The van der Waals surface area contributed by atoms with Crippen LogP contribution >= 0.6 is 23.2 Å². The number of rotatable bonds is 6. The molecule has 0 spiro atoms. The number of halogens is 2. The SMILES string of the molecule is C[C@H](NC(=O)COC(=O)c1cccc(N2C(=O)[C@@H]3[C@H]4C[C@@H]([C@H](Cl)[C@H]4Cl)[C@H]3C2=O)c1)c1ccccc1. The summed E-state index contributed by atoms with van der Waals surface area (Å²) in [6.07, 6.45) is 0.681. The highest BCUT2D eigenvalue weighted by atomic mass is 35.5. The average molecular weight is 515 g/mol. The largest absolute Gasteiger partial charge is 0.452 e. The summed E-state index contributed by atoms with van der Waals surface area (Å²) < 4.78 is 5.17. The van der Waals surface area contributed by atoms with Crippen LogP contribution in [0.2, 0.25) is 0 Å². The molecule has 5 rings (SSSR count). The van der Waals surface area contributed by atoms with E-state index in [1.54, 1.807) is 12.1 Å². The van der Waals surface area contributed by atoms with Crippen molar-refractivity contribution in [3.63, 3.8) is 0 Å². The highest BCUT2D eigenvalue weighted by molar-refractivity contribution is 6.32. The molecule has 1 aliphatic heterocycles. The van der Waals surface area contributed by atoms with Crippen molar-refractivity contribution < 1.29 is 23.9 Å². The van der Waals surface area contributed by atoms with Crippen LogP contribution in [0.25, 0.3) is 0 Å². The Morgan fingerprint density at radius 1 is 1.00 bits per heavy atom. The summed E-state index contributed by atoms with van der Waals surface area (Å²) in [6.45, 7) is 1.38. The molecule has 182 valence electrons. The van der Waals surface area contributed by atoms with Crippen LogP contribution in [-0.4, -0.2) is 41.1 Å². The van der Waals surface area contributed by atoms with Crippen molar-refractivity contribution in [1.29, 1.82) is 0 Å². The molecule has 7 nitrogen and oxygen atoms in total. The number of anilines is 1. The molecule has 2 bridgehead atoms. The van der Waals surface area contributed by atoms with Crippen LogP contribution < -0.4 is 10.2 Å². The fraction of sp³-hybridized carbons (Fsp3) is 0.385. The Bertz CT molecular complexity index is 1160. The lowest BCUT2D eigenvalue weighted by Gasteiger charge is -2.28. The van der Waals surface area contributed by atoms with Crippen molar-refractivity contribution in [2.45, 2.75) is 30.1 Å². The maximum atomic E-state index is 13.2. The lowest BCUT2D eigenvalue weighted by Crippen LogP contribution is -2.37. The predicted octanol–water partition coefficient (Wildman–Crippen LogP) is 3.69. The summed E-state index contributed by atoms with van der Waals surface area (Å²) in [5.74, 6) is -2.98. The van der Waals surface area contributed by atoms with E-state index in [2.05, 4.69) is 5.32 Å². The van der Waals surface area contributed by atoms with Gasteiger partial charge in [0.05, 0.1) is 39.9 Å². The third-order valence-electron chi connectivity index (χ3n) is 7.34. The third kappa shape index (κ3) is 4.10. The minimum absolute atomic E-state index is 0.124. The molecule has 1 heterocycles. The predicted molar refractivity (Wildman–Crippen MR) is 130 cm³/mol.